The summed E-state index contributed by atoms with van der Waals surface area (Å²) in [6.07, 6.45) is 8.08. The van der Waals surface area contributed by atoms with Crippen LogP contribution in [0.5, 0.6) is 0 Å². The van der Waals surface area contributed by atoms with Gasteiger partial charge in [0, 0.05) is 6.04 Å². The van der Waals surface area contributed by atoms with E-state index < -0.39 is 0 Å². The summed E-state index contributed by atoms with van der Waals surface area (Å²) in [7, 11) is 0. The molecule has 0 aromatic carbocycles. The summed E-state index contributed by atoms with van der Waals surface area (Å²) in [5, 5.41) is 13.7. The van der Waals surface area contributed by atoms with Crippen molar-refractivity contribution in [2.45, 2.75) is 96.0 Å². The summed E-state index contributed by atoms with van der Waals surface area (Å²) >= 11 is 0. The molecular formula is C17H33NO2. The maximum Gasteiger partial charge on any atom is 0.0787 e. The van der Waals surface area contributed by atoms with Crippen molar-refractivity contribution in [3.8, 4) is 0 Å². The van der Waals surface area contributed by atoms with Gasteiger partial charge in [0.15, 0.2) is 0 Å². The highest BCUT2D eigenvalue weighted by molar-refractivity contribution is 4.98. The maximum atomic E-state index is 9.99. The first kappa shape index (κ1) is 16.3. The van der Waals surface area contributed by atoms with Crippen molar-refractivity contribution in [3.05, 3.63) is 0 Å². The van der Waals surface area contributed by atoms with E-state index in [1.54, 1.807) is 0 Å². The Balaban J connectivity index is 1.68. The molecule has 0 bridgehead atoms. The second-order valence-electron chi connectivity index (χ2n) is 7.93. The Morgan fingerprint density at radius 2 is 1.85 bits per heavy atom. The monoisotopic (exact) mass is 283 g/mol. The molecule has 3 heteroatoms. The Bertz CT molecular complexity index is 314. The predicted octanol–water partition coefficient (Wildman–Crippen LogP) is 3.25. The SMILES string of the molecule is CC1(C)CC(NCCCC2CCCCC2O)C(C)(C)O1. The van der Waals surface area contributed by atoms with Crippen molar-refractivity contribution < 1.29 is 9.84 Å². The average molecular weight is 283 g/mol. The Kier molecular flexibility index (Phi) is 5.14. The molecule has 3 nitrogen and oxygen atoms in total. The second kappa shape index (κ2) is 6.33. The first-order valence-electron chi connectivity index (χ1n) is 8.42. The van der Waals surface area contributed by atoms with E-state index in [0.717, 1.165) is 32.2 Å². The van der Waals surface area contributed by atoms with Crippen molar-refractivity contribution in [2.24, 2.45) is 5.92 Å². The molecule has 0 amide bonds. The topological polar surface area (TPSA) is 41.5 Å². The Hall–Kier alpha value is -0.120. The first-order chi connectivity index (χ1) is 9.30. The van der Waals surface area contributed by atoms with Gasteiger partial charge in [-0.1, -0.05) is 12.8 Å². The molecule has 0 aromatic heterocycles. The molecule has 1 aliphatic heterocycles. The van der Waals surface area contributed by atoms with Crippen molar-refractivity contribution in [1.82, 2.24) is 5.32 Å². The smallest absolute Gasteiger partial charge is 0.0787 e. The first-order valence-corrected chi connectivity index (χ1v) is 8.42. The van der Waals surface area contributed by atoms with Gasteiger partial charge in [0.2, 0.25) is 0 Å². The number of aliphatic hydroxyl groups is 1. The van der Waals surface area contributed by atoms with Gasteiger partial charge in [-0.15, -0.1) is 0 Å². The fourth-order valence-electron chi connectivity index (χ4n) is 4.05. The largest absolute Gasteiger partial charge is 0.393 e. The summed E-state index contributed by atoms with van der Waals surface area (Å²) in [6.45, 7) is 9.76. The lowest BCUT2D eigenvalue weighted by atomic mass is 9.83. The van der Waals surface area contributed by atoms with Crippen LogP contribution < -0.4 is 5.32 Å². The lowest BCUT2D eigenvalue weighted by Gasteiger charge is -2.29. The van der Waals surface area contributed by atoms with Crippen LogP contribution in [-0.4, -0.2) is 35.0 Å². The average Bonchev–Trinajstić information content (AvgIpc) is 2.54. The number of hydrogen-bond donors (Lipinski definition) is 2. The Labute approximate surface area is 124 Å². The molecule has 2 rings (SSSR count). The molecule has 20 heavy (non-hydrogen) atoms. The highest BCUT2D eigenvalue weighted by Gasteiger charge is 2.45. The molecule has 2 aliphatic rings. The van der Waals surface area contributed by atoms with E-state index in [1.807, 2.05) is 0 Å². The third-order valence-electron chi connectivity index (χ3n) is 5.09. The summed E-state index contributed by atoms with van der Waals surface area (Å²) in [5.74, 6) is 0.537. The lowest BCUT2D eigenvalue weighted by Crippen LogP contribution is -2.43. The van der Waals surface area contributed by atoms with Gasteiger partial charge >= 0.3 is 0 Å². The zero-order valence-corrected chi connectivity index (χ0v) is 13.7. The molecule has 2 N–H and O–H groups in total. The van der Waals surface area contributed by atoms with Crippen LogP contribution in [0.15, 0.2) is 0 Å². The zero-order chi connectivity index (χ0) is 14.8. The number of nitrogens with one attached hydrogen (secondary N) is 1. The van der Waals surface area contributed by atoms with Gasteiger partial charge in [-0.2, -0.15) is 0 Å². The standard InChI is InChI=1S/C17H33NO2/c1-16(2)12-15(17(3,4)20-16)18-11-7-9-13-8-5-6-10-14(13)19/h13-15,18-19H,5-12H2,1-4H3. The summed E-state index contributed by atoms with van der Waals surface area (Å²) in [6, 6.07) is 0.439. The van der Waals surface area contributed by atoms with Crippen LogP contribution in [0.25, 0.3) is 0 Å². The molecule has 1 saturated heterocycles. The molecule has 1 heterocycles. The Morgan fingerprint density at radius 1 is 1.15 bits per heavy atom. The van der Waals surface area contributed by atoms with Crippen LogP contribution in [0, 0.1) is 5.92 Å². The van der Waals surface area contributed by atoms with Crippen LogP contribution >= 0.6 is 0 Å². The fourth-order valence-corrected chi connectivity index (χ4v) is 4.05. The maximum absolute atomic E-state index is 9.99. The van der Waals surface area contributed by atoms with Gasteiger partial charge in [-0.25, -0.2) is 0 Å². The molecule has 1 aliphatic carbocycles. The van der Waals surface area contributed by atoms with E-state index in [-0.39, 0.29) is 17.3 Å². The predicted molar refractivity (Wildman–Crippen MR) is 82.8 cm³/mol. The second-order valence-corrected chi connectivity index (χ2v) is 7.93. The van der Waals surface area contributed by atoms with Crippen molar-refractivity contribution >= 4 is 0 Å². The minimum Gasteiger partial charge on any atom is -0.393 e. The number of ether oxygens (including phenoxy) is 1. The van der Waals surface area contributed by atoms with Crippen molar-refractivity contribution in [3.63, 3.8) is 0 Å². The summed E-state index contributed by atoms with van der Waals surface area (Å²) in [4.78, 5) is 0. The van der Waals surface area contributed by atoms with Gasteiger partial charge in [0.25, 0.3) is 0 Å². The molecule has 0 aromatic rings. The van der Waals surface area contributed by atoms with Crippen LogP contribution in [-0.2, 0) is 4.74 Å². The van der Waals surface area contributed by atoms with E-state index in [9.17, 15) is 5.11 Å². The molecular weight excluding hydrogens is 250 g/mol. The van der Waals surface area contributed by atoms with Gasteiger partial charge in [0.05, 0.1) is 17.3 Å². The quantitative estimate of drug-likeness (QED) is 0.761. The van der Waals surface area contributed by atoms with Gasteiger partial charge < -0.3 is 15.2 Å². The summed E-state index contributed by atoms with van der Waals surface area (Å²) < 4.78 is 6.11. The van der Waals surface area contributed by atoms with Crippen LogP contribution in [0.1, 0.15) is 72.6 Å². The van der Waals surface area contributed by atoms with Gasteiger partial charge in [-0.3, -0.25) is 0 Å². The fraction of sp³-hybridized carbons (Fsp3) is 1.00. The molecule has 3 atom stereocenters. The van der Waals surface area contributed by atoms with E-state index >= 15 is 0 Å². The molecule has 118 valence electrons. The molecule has 0 radical (unpaired) electrons. The summed E-state index contributed by atoms with van der Waals surface area (Å²) in [5.41, 5.74) is -0.0887. The highest BCUT2D eigenvalue weighted by atomic mass is 16.5. The van der Waals surface area contributed by atoms with Crippen molar-refractivity contribution in [1.29, 1.82) is 0 Å². The minimum atomic E-state index is -0.0755. The van der Waals surface area contributed by atoms with Crippen molar-refractivity contribution in [2.75, 3.05) is 6.54 Å². The van der Waals surface area contributed by atoms with E-state index in [4.69, 9.17) is 4.74 Å². The van der Waals surface area contributed by atoms with Crippen LogP contribution in [0.2, 0.25) is 0 Å². The molecule has 3 unspecified atom stereocenters. The van der Waals surface area contributed by atoms with Gasteiger partial charge in [0.1, 0.15) is 0 Å². The van der Waals surface area contributed by atoms with Crippen LogP contribution in [0.4, 0.5) is 0 Å². The van der Waals surface area contributed by atoms with E-state index in [0.29, 0.717) is 12.0 Å². The lowest BCUT2D eigenvalue weighted by molar-refractivity contribution is -0.0698. The van der Waals surface area contributed by atoms with E-state index in [1.165, 1.54) is 19.3 Å². The highest BCUT2D eigenvalue weighted by Crippen LogP contribution is 2.37. The van der Waals surface area contributed by atoms with Gasteiger partial charge in [-0.05, 0) is 72.3 Å². The third kappa shape index (κ3) is 4.19. The molecule has 1 saturated carbocycles. The van der Waals surface area contributed by atoms with Crippen LogP contribution in [0.3, 0.4) is 0 Å². The zero-order valence-electron chi connectivity index (χ0n) is 13.7. The molecule has 0 spiro atoms. The Morgan fingerprint density at radius 3 is 2.45 bits per heavy atom. The normalized spacial score (nSPS) is 36.1. The number of rotatable bonds is 5. The third-order valence-corrected chi connectivity index (χ3v) is 5.09. The number of hydrogen-bond acceptors (Lipinski definition) is 3. The number of aliphatic hydroxyl groups excluding tert-OH is 1. The molecule has 2 fully saturated rings. The van der Waals surface area contributed by atoms with E-state index in [2.05, 4.69) is 33.0 Å². The minimum absolute atomic E-state index is 0.0132.